The maximum Gasteiger partial charge on any atom is 0.248 e. The van der Waals surface area contributed by atoms with Gasteiger partial charge >= 0.3 is 0 Å². The highest BCUT2D eigenvalue weighted by Crippen LogP contribution is 2.13. The molecule has 2 amide bonds. The van der Waals surface area contributed by atoms with Gasteiger partial charge in [-0.3, -0.25) is 9.59 Å². The molecule has 7 heteroatoms. The summed E-state index contributed by atoms with van der Waals surface area (Å²) in [7, 11) is 0. The van der Waals surface area contributed by atoms with Crippen molar-refractivity contribution in [3.63, 3.8) is 0 Å². The van der Waals surface area contributed by atoms with Crippen LogP contribution in [0.1, 0.15) is 25.5 Å². The first-order valence-corrected chi connectivity index (χ1v) is 5.86. The Morgan fingerprint density at radius 3 is 3.16 bits per heavy atom. The topological polar surface area (TPSA) is 96.1 Å². The molecule has 0 spiro atoms. The van der Waals surface area contributed by atoms with Crippen molar-refractivity contribution in [2.45, 2.75) is 19.8 Å². The highest BCUT2D eigenvalue weighted by molar-refractivity contribution is 6.07. The Labute approximate surface area is 109 Å². The molecule has 100 valence electrons. The molecule has 1 atom stereocenters. The summed E-state index contributed by atoms with van der Waals surface area (Å²) in [6, 6.07) is 3.45. The highest BCUT2D eigenvalue weighted by Gasteiger charge is 2.26. The fourth-order valence-corrected chi connectivity index (χ4v) is 1.69. The van der Waals surface area contributed by atoms with Gasteiger partial charge in [0.1, 0.15) is 5.76 Å². The number of hydrogen-bond donors (Lipinski definition) is 2. The lowest BCUT2D eigenvalue weighted by Crippen LogP contribution is -2.25. The van der Waals surface area contributed by atoms with Crippen LogP contribution in [0.3, 0.4) is 0 Å². The molecule has 0 aliphatic carbocycles. The van der Waals surface area contributed by atoms with Gasteiger partial charge in [0.05, 0.1) is 18.4 Å². The lowest BCUT2D eigenvalue weighted by atomic mass is 9.99. The van der Waals surface area contributed by atoms with Gasteiger partial charge in [-0.2, -0.15) is 10.2 Å². The van der Waals surface area contributed by atoms with E-state index in [-0.39, 0.29) is 24.2 Å². The van der Waals surface area contributed by atoms with E-state index in [1.807, 2.05) is 0 Å². The first kappa shape index (κ1) is 13.0. The van der Waals surface area contributed by atoms with E-state index >= 15 is 0 Å². The summed E-state index contributed by atoms with van der Waals surface area (Å²) in [5, 5.41) is 7.56. The minimum atomic E-state index is -0.320. The molecule has 2 heterocycles. The van der Waals surface area contributed by atoms with Crippen LogP contribution in [0.5, 0.6) is 0 Å². The zero-order chi connectivity index (χ0) is 13.7. The number of amides is 2. The van der Waals surface area contributed by atoms with Crippen LogP contribution in [0.15, 0.2) is 33.0 Å². The first-order chi connectivity index (χ1) is 9.16. The van der Waals surface area contributed by atoms with Crippen LogP contribution in [0, 0.1) is 5.92 Å². The van der Waals surface area contributed by atoms with E-state index in [4.69, 9.17) is 4.42 Å². The van der Waals surface area contributed by atoms with Gasteiger partial charge in [-0.25, -0.2) is 10.9 Å². The third kappa shape index (κ3) is 3.51. The smallest absolute Gasteiger partial charge is 0.248 e. The number of nitrogens with one attached hydrogen (secondary N) is 2. The van der Waals surface area contributed by atoms with Crippen molar-refractivity contribution in [3.8, 4) is 0 Å². The number of furan rings is 1. The van der Waals surface area contributed by atoms with Gasteiger partial charge in [0.2, 0.25) is 11.8 Å². The quantitative estimate of drug-likeness (QED) is 0.601. The van der Waals surface area contributed by atoms with E-state index in [2.05, 4.69) is 21.1 Å². The predicted octanol–water partition coefficient (Wildman–Crippen LogP) is 0.632. The zero-order valence-corrected chi connectivity index (χ0v) is 10.4. The molecular weight excluding hydrogens is 248 g/mol. The van der Waals surface area contributed by atoms with Crippen LogP contribution in [0.2, 0.25) is 0 Å². The molecule has 1 aromatic rings. The fraction of sp³-hybridized carbons (Fsp3) is 0.333. The SMILES string of the molecule is CC1=NNC(=O)[C@@H]1CCC(=O)N/N=C\c1ccco1. The van der Waals surface area contributed by atoms with E-state index < -0.39 is 0 Å². The summed E-state index contributed by atoms with van der Waals surface area (Å²) in [4.78, 5) is 22.9. The maximum atomic E-state index is 11.5. The molecule has 2 N–H and O–H groups in total. The highest BCUT2D eigenvalue weighted by atomic mass is 16.3. The van der Waals surface area contributed by atoms with E-state index in [1.165, 1.54) is 12.5 Å². The molecule has 7 nitrogen and oxygen atoms in total. The third-order valence-electron chi connectivity index (χ3n) is 2.75. The van der Waals surface area contributed by atoms with Crippen LogP contribution in [0.25, 0.3) is 0 Å². The molecule has 0 radical (unpaired) electrons. The maximum absolute atomic E-state index is 11.5. The Bertz CT molecular complexity index is 519. The van der Waals surface area contributed by atoms with Gasteiger partial charge in [-0.05, 0) is 25.5 Å². The number of carbonyl (C=O) groups excluding carboxylic acids is 2. The average molecular weight is 262 g/mol. The summed E-state index contributed by atoms with van der Waals surface area (Å²) in [6.45, 7) is 1.76. The predicted molar refractivity (Wildman–Crippen MR) is 68.4 cm³/mol. The number of rotatable bonds is 5. The van der Waals surface area contributed by atoms with Crippen molar-refractivity contribution >= 4 is 23.7 Å². The van der Waals surface area contributed by atoms with Gasteiger partial charge in [0.15, 0.2) is 0 Å². The van der Waals surface area contributed by atoms with Crippen LogP contribution in [-0.4, -0.2) is 23.7 Å². The molecule has 0 fully saturated rings. The summed E-state index contributed by atoms with van der Waals surface area (Å²) in [5.74, 6) is -0.182. The Hall–Kier alpha value is -2.44. The monoisotopic (exact) mass is 262 g/mol. The van der Waals surface area contributed by atoms with Gasteiger partial charge < -0.3 is 4.42 Å². The van der Waals surface area contributed by atoms with Gasteiger partial charge in [0, 0.05) is 12.1 Å². The van der Waals surface area contributed by atoms with E-state index in [0.717, 1.165) is 0 Å². The molecule has 1 aliphatic rings. The molecule has 0 unspecified atom stereocenters. The molecule has 1 aliphatic heterocycles. The molecule has 19 heavy (non-hydrogen) atoms. The molecule has 0 saturated heterocycles. The summed E-state index contributed by atoms with van der Waals surface area (Å²) in [5.41, 5.74) is 5.46. The average Bonchev–Trinajstić information content (AvgIpc) is 2.99. The summed E-state index contributed by atoms with van der Waals surface area (Å²) >= 11 is 0. The lowest BCUT2D eigenvalue weighted by molar-refractivity contribution is -0.123. The van der Waals surface area contributed by atoms with Crippen molar-refractivity contribution in [1.29, 1.82) is 0 Å². The minimum Gasteiger partial charge on any atom is -0.463 e. The Morgan fingerprint density at radius 1 is 1.68 bits per heavy atom. The van der Waals surface area contributed by atoms with Gasteiger partial charge in [-0.1, -0.05) is 0 Å². The van der Waals surface area contributed by atoms with Crippen LogP contribution in [0.4, 0.5) is 0 Å². The molecular formula is C12H14N4O3. The Balaban J connectivity index is 1.73. The summed E-state index contributed by atoms with van der Waals surface area (Å²) in [6.07, 6.45) is 3.56. The van der Waals surface area contributed by atoms with E-state index in [1.54, 1.807) is 19.1 Å². The van der Waals surface area contributed by atoms with Crippen molar-refractivity contribution in [2.24, 2.45) is 16.1 Å². The van der Waals surface area contributed by atoms with Gasteiger partial charge in [0.25, 0.3) is 0 Å². The number of carbonyl (C=O) groups is 2. The van der Waals surface area contributed by atoms with Crippen LogP contribution < -0.4 is 10.9 Å². The van der Waals surface area contributed by atoms with Crippen molar-refractivity contribution in [2.75, 3.05) is 0 Å². The standard InChI is InChI=1S/C12H14N4O3/c1-8-10(12(18)16-14-8)4-5-11(17)15-13-7-9-3-2-6-19-9/h2-3,6-7,10H,4-5H2,1H3,(H,15,17)(H,16,18)/b13-7-/t10-/m1/s1. The molecule has 1 aromatic heterocycles. The van der Waals surface area contributed by atoms with Crippen molar-refractivity contribution in [1.82, 2.24) is 10.9 Å². The number of hydrogen-bond acceptors (Lipinski definition) is 5. The van der Waals surface area contributed by atoms with Crippen LogP contribution >= 0.6 is 0 Å². The number of hydrazone groups is 2. The molecule has 0 saturated carbocycles. The first-order valence-electron chi connectivity index (χ1n) is 5.86. The second-order valence-electron chi connectivity index (χ2n) is 4.13. The number of nitrogens with zero attached hydrogens (tertiary/aromatic N) is 2. The van der Waals surface area contributed by atoms with Gasteiger partial charge in [-0.15, -0.1) is 0 Å². The molecule has 0 aromatic carbocycles. The molecule has 2 rings (SSSR count). The van der Waals surface area contributed by atoms with Crippen molar-refractivity contribution < 1.29 is 14.0 Å². The fourth-order valence-electron chi connectivity index (χ4n) is 1.69. The minimum absolute atomic E-state index is 0.163. The second-order valence-corrected chi connectivity index (χ2v) is 4.13. The Kier molecular flexibility index (Phi) is 4.07. The zero-order valence-electron chi connectivity index (χ0n) is 10.4. The Morgan fingerprint density at radius 2 is 2.53 bits per heavy atom. The molecule has 0 bridgehead atoms. The second kappa shape index (κ2) is 5.94. The summed E-state index contributed by atoms with van der Waals surface area (Å²) < 4.78 is 5.02. The lowest BCUT2D eigenvalue weighted by Gasteiger charge is -2.05. The normalized spacial score (nSPS) is 18.5. The van der Waals surface area contributed by atoms with E-state index in [0.29, 0.717) is 17.9 Å². The van der Waals surface area contributed by atoms with E-state index in [9.17, 15) is 9.59 Å². The van der Waals surface area contributed by atoms with Crippen LogP contribution in [-0.2, 0) is 9.59 Å². The third-order valence-corrected chi connectivity index (χ3v) is 2.75. The largest absolute Gasteiger partial charge is 0.463 e. The van der Waals surface area contributed by atoms with Crippen molar-refractivity contribution in [3.05, 3.63) is 24.2 Å².